The van der Waals surface area contributed by atoms with E-state index in [1.807, 2.05) is 6.33 Å². The first kappa shape index (κ1) is 29.4. The average Bonchev–Trinajstić information content (AvgIpc) is 3.60. The SMILES string of the molecule is Cc1cc2c(cc(C3CCNC3)n2Cc2ccccc2)n2cnnc12.O=C(O)C(F)(F)F.O=C(O)C(F)(F)F. The molecule has 1 unspecified atom stereocenters. The Balaban J connectivity index is 0.000000251. The number of carbonyl (C=O) groups is 2. The van der Waals surface area contributed by atoms with Crippen LogP contribution in [0.5, 0.6) is 0 Å². The molecule has 4 heterocycles. The number of aryl methyl sites for hydroxylation is 1. The van der Waals surface area contributed by atoms with Crippen LogP contribution in [0.25, 0.3) is 16.7 Å². The molecule has 0 spiro atoms. The van der Waals surface area contributed by atoms with E-state index in [9.17, 15) is 26.3 Å². The van der Waals surface area contributed by atoms with Gasteiger partial charge in [0.25, 0.3) is 0 Å². The Morgan fingerprint density at radius 1 is 1.00 bits per heavy atom. The van der Waals surface area contributed by atoms with Crippen molar-refractivity contribution >= 4 is 28.6 Å². The monoisotopic (exact) mass is 559 g/mol. The van der Waals surface area contributed by atoms with Gasteiger partial charge in [-0.1, -0.05) is 30.3 Å². The number of aromatic nitrogens is 4. The summed E-state index contributed by atoms with van der Waals surface area (Å²) in [4.78, 5) is 17.8. The van der Waals surface area contributed by atoms with Gasteiger partial charge in [0, 0.05) is 24.7 Å². The van der Waals surface area contributed by atoms with E-state index in [2.05, 4.69) is 73.9 Å². The van der Waals surface area contributed by atoms with Crippen molar-refractivity contribution in [3.8, 4) is 0 Å². The zero-order valence-corrected chi connectivity index (χ0v) is 20.3. The van der Waals surface area contributed by atoms with Crippen LogP contribution in [0.3, 0.4) is 0 Å². The summed E-state index contributed by atoms with van der Waals surface area (Å²) < 4.78 is 68.1. The lowest BCUT2D eigenvalue weighted by atomic mass is 10.0. The number of carboxylic acid groups (broad SMARTS) is 2. The molecule has 0 saturated carbocycles. The number of nitrogens with one attached hydrogen (secondary N) is 1. The highest BCUT2D eigenvalue weighted by atomic mass is 19.4. The molecule has 4 aromatic rings. The largest absolute Gasteiger partial charge is 0.490 e. The summed E-state index contributed by atoms with van der Waals surface area (Å²) in [6, 6.07) is 15.3. The predicted octanol–water partition coefficient (Wildman–Crippen LogP) is 4.38. The predicted molar refractivity (Wildman–Crippen MR) is 126 cm³/mol. The summed E-state index contributed by atoms with van der Waals surface area (Å²) in [5, 5.41) is 26.2. The lowest BCUT2D eigenvalue weighted by Gasteiger charge is -2.15. The Labute approximate surface area is 216 Å². The van der Waals surface area contributed by atoms with Crippen molar-refractivity contribution in [3.63, 3.8) is 0 Å². The molecule has 9 nitrogen and oxygen atoms in total. The fourth-order valence-electron chi connectivity index (χ4n) is 4.05. The highest BCUT2D eigenvalue weighted by Crippen LogP contribution is 2.31. The third-order valence-electron chi connectivity index (χ3n) is 5.81. The minimum atomic E-state index is -5.08. The van der Waals surface area contributed by atoms with E-state index in [0.29, 0.717) is 5.92 Å². The molecule has 1 aromatic carbocycles. The average molecular weight is 559 g/mol. The van der Waals surface area contributed by atoms with E-state index in [-0.39, 0.29) is 0 Å². The number of fused-ring (bicyclic) bond motifs is 3. The number of halogens is 6. The molecule has 3 aromatic heterocycles. The highest BCUT2D eigenvalue weighted by Gasteiger charge is 2.38. The van der Waals surface area contributed by atoms with Gasteiger partial charge in [-0.3, -0.25) is 4.40 Å². The molecule has 1 atom stereocenters. The van der Waals surface area contributed by atoms with Crippen LogP contribution in [-0.4, -0.2) is 66.8 Å². The molecule has 1 aliphatic rings. The molecule has 210 valence electrons. The summed E-state index contributed by atoms with van der Waals surface area (Å²) >= 11 is 0. The topological polar surface area (TPSA) is 122 Å². The van der Waals surface area contributed by atoms with Crippen molar-refractivity contribution in [2.24, 2.45) is 0 Å². The number of aliphatic carboxylic acids is 2. The maximum absolute atomic E-state index is 10.6. The third kappa shape index (κ3) is 7.25. The van der Waals surface area contributed by atoms with Crippen LogP contribution in [-0.2, 0) is 16.1 Å². The van der Waals surface area contributed by atoms with Crippen LogP contribution in [0, 0.1) is 6.92 Å². The molecule has 1 saturated heterocycles. The van der Waals surface area contributed by atoms with Crippen LogP contribution in [0.15, 0.2) is 48.8 Å². The van der Waals surface area contributed by atoms with Gasteiger partial charge in [-0.2, -0.15) is 26.3 Å². The first-order valence-corrected chi connectivity index (χ1v) is 11.4. The minimum absolute atomic E-state index is 0.558. The Morgan fingerprint density at radius 3 is 2.10 bits per heavy atom. The third-order valence-corrected chi connectivity index (χ3v) is 5.81. The molecular formula is C24H23F6N5O4. The van der Waals surface area contributed by atoms with Gasteiger partial charge >= 0.3 is 24.3 Å². The van der Waals surface area contributed by atoms with Gasteiger partial charge in [0.1, 0.15) is 6.33 Å². The zero-order valence-electron chi connectivity index (χ0n) is 20.3. The molecule has 1 fully saturated rings. The number of carboxylic acids is 2. The van der Waals surface area contributed by atoms with Crippen molar-refractivity contribution in [2.45, 2.75) is 38.2 Å². The number of rotatable bonds is 3. The second-order valence-corrected chi connectivity index (χ2v) is 8.56. The maximum Gasteiger partial charge on any atom is 0.490 e. The van der Waals surface area contributed by atoms with Crippen molar-refractivity contribution in [1.29, 1.82) is 0 Å². The lowest BCUT2D eigenvalue weighted by molar-refractivity contribution is -0.193. The van der Waals surface area contributed by atoms with E-state index >= 15 is 0 Å². The fraction of sp³-hybridized carbons (Fsp3) is 0.333. The standard InChI is InChI=1S/C20H21N5.2C2HF3O2/c1-14-9-18-19(25-13-22-23-20(14)25)10-17(16-7-8-21-11-16)24(18)12-15-5-3-2-4-6-15;2*3-2(4,5)1(6)7/h2-6,9-10,13,16,21H,7-8,11-12H2,1H3;2*(H,6,7). The van der Waals surface area contributed by atoms with Crippen LogP contribution in [0.4, 0.5) is 26.3 Å². The van der Waals surface area contributed by atoms with Gasteiger partial charge in [-0.25, -0.2) is 9.59 Å². The van der Waals surface area contributed by atoms with E-state index in [1.54, 1.807) is 0 Å². The zero-order chi connectivity index (χ0) is 29.0. The van der Waals surface area contributed by atoms with Gasteiger partial charge in [-0.15, -0.1) is 10.2 Å². The van der Waals surface area contributed by atoms with Crippen molar-refractivity contribution in [1.82, 2.24) is 24.5 Å². The quantitative estimate of drug-likeness (QED) is 0.319. The van der Waals surface area contributed by atoms with Crippen LogP contribution >= 0.6 is 0 Å². The molecular weight excluding hydrogens is 536 g/mol. The molecule has 0 radical (unpaired) electrons. The molecule has 0 bridgehead atoms. The van der Waals surface area contributed by atoms with Gasteiger partial charge in [-0.05, 0) is 43.1 Å². The summed E-state index contributed by atoms with van der Waals surface area (Å²) in [5.41, 5.74) is 7.30. The Hall–Kier alpha value is -4.14. The minimum Gasteiger partial charge on any atom is -0.475 e. The van der Waals surface area contributed by atoms with Crippen LogP contribution in [0.2, 0.25) is 0 Å². The second-order valence-electron chi connectivity index (χ2n) is 8.56. The van der Waals surface area contributed by atoms with Gasteiger partial charge in [0.15, 0.2) is 5.65 Å². The van der Waals surface area contributed by atoms with E-state index < -0.39 is 24.3 Å². The summed E-state index contributed by atoms with van der Waals surface area (Å²) in [5.74, 6) is -4.96. The molecule has 3 N–H and O–H groups in total. The summed E-state index contributed by atoms with van der Waals surface area (Å²) in [6.07, 6.45) is -7.15. The molecule has 0 amide bonds. The Kier molecular flexibility index (Phi) is 8.84. The second kappa shape index (κ2) is 11.7. The maximum atomic E-state index is 10.6. The lowest BCUT2D eigenvalue weighted by Crippen LogP contribution is -2.21. The number of nitrogens with zero attached hydrogens (tertiary/aromatic N) is 4. The number of hydrogen-bond acceptors (Lipinski definition) is 5. The Bertz CT molecular complexity index is 1420. The van der Waals surface area contributed by atoms with Crippen LogP contribution in [0.1, 0.15) is 29.2 Å². The van der Waals surface area contributed by atoms with E-state index in [1.165, 1.54) is 28.7 Å². The normalized spacial score (nSPS) is 15.4. The molecule has 5 rings (SSSR count). The van der Waals surface area contributed by atoms with Crippen molar-refractivity contribution in [3.05, 3.63) is 65.6 Å². The van der Waals surface area contributed by atoms with Gasteiger partial charge < -0.3 is 20.1 Å². The van der Waals surface area contributed by atoms with Crippen molar-refractivity contribution in [2.75, 3.05) is 13.1 Å². The number of alkyl halides is 6. The molecule has 0 aliphatic carbocycles. The fourth-order valence-corrected chi connectivity index (χ4v) is 4.05. The van der Waals surface area contributed by atoms with Crippen molar-refractivity contribution < 1.29 is 46.1 Å². The Morgan fingerprint density at radius 2 is 1.59 bits per heavy atom. The smallest absolute Gasteiger partial charge is 0.475 e. The highest BCUT2D eigenvalue weighted by molar-refractivity contribution is 5.82. The number of benzene rings is 1. The summed E-state index contributed by atoms with van der Waals surface area (Å²) in [7, 11) is 0. The van der Waals surface area contributed by atoms with Gasteiger partial charge in [0.2, 0.25) is 0 Å². The molecule has 1 aliphatic heterocycles. The molecule has 15 heteroatoms. The van der Waals surface area contributed by atoms with E-state index in [4.69, 9.17) is 19.8 Å². The summed E-state index contributed by atoms with van der Waals surface area (Å²) in [6.45, 7) is 5.15. The number of hydrogen-bond donors (Lipinski definition) is 3. The first-order chi connectivity index (χ1) is 18.2. The van der Waals surface area contributed by atoms with E-state index in [0.717, 1.165) is 30.8 Å². The first-order valence-electron chi connectivity index (χ1n) is 11.4. The molecule has 39 heavy (non-hydrogen) atoms. The van der Waals surface area contributed by atoms with Crippen LogP contribution < -0.4 is 5.32 Å². The number of pyridine rings is 1. The van der Waals surface area contributed by atoms with Gasteiger partial charge in [0.05, 0.1) is 11.0 Å².